The molecule has 3 heterocycles. The van der Waals surface area contributed by atoms with Crippen molar-refractivity contribution in [1.29, 1.82) is 0 Å². The minimum Gasteiger partial charge on any atom is -0.471 e. The van der Waals surface area contributed by atoms with Crippen molar-refractivity contribution in [2.75, 3.05) is 7.05 Å². The van der Waals surface area contributed by atoms with Crippen LogP contribution in [0.2, 0.25) is 0 Å². The lowest BCUT2D eigenvalue weighted by Gasteiger charge is -2.09. The summed E-state index contributed by atoms with van der Waals surface area (Å²) in [6, 6.07) is 13.0. The Labute approximate surface area is 165 Å². The number of nitrogens with zero attached hydrogens (tertiary/aromatic N) is 7. The van der Waals surface area contributed by atoms with Gasteiger partial charge in [-0.1, -0.05) is 40.7 Å². The van der Waals surface area contributed by atoms with Crippen molar-refractivity contribution < 1.29 is 9.53 Å². The molecule has 1 amide bonds. The lowest BCUT2D eigenvalue weighted by molar-refractivity contribution is 0.0788. The van der Waals surface area contributed by atoms with Gasteiger partial charge in [0.05, 0.1) is 11.9 Å². The fraction of sp³-hybridized carbons (Fsp3) is 0.105. The summed E-state index contributed by atoms with van der Waals surface area (Å²) < 4.78 is 5.82. The van der Waals surface area contributed by atoms with Crippen LogP contribution in [0.4, 0.5) is 5.95 Å². The first-order valence-electron chi connectivity index (χ1n) is 8.68. The number of nitrogens with one attached hydrogen (secondary N) is 1. The molecule has 4 rings (SSSR count). The number of fused-ring (bicyclic) bond motifs is 1. The summed E-state index contributed by atoms with van der Waals surface area (Å²) in [6.07, 6.45) is 4.53. The quantitative estimate of drug-likeness (QED) is 0.400. The van der Waals surface area contributed by atoms with E-state index in [0.717, 1.165) is 10.6 Å². The molecule has 144 valence electrons. The highest BCUT2D eigenvalue weighted by Gasteiger charge is 2.13. The van der Waals surface area contributed by atoms with Crippen molar-refractivity contribution >= 4 is 23.0 Å². The first-order valence-corrected chi connectivity index (χ1v) is 8.68. The van der Waals surface area contributed by atoms with Gasteiger partial charge in [0.25, 0.3) is 11.9 Å². The molecule has 3 aromatic heterocycles. The predicted octanol–water partition coefficient (Wildman–Crippen LogP) is 3.10. The minimum absolute atomic E-state index is 0.0264. The van der Waals surface area contributed by atoms with Crippen molar-refractivity contribution in [3.05, 3.63) is 72.3 Å². The molecule has 10 nitrogen and oxygen atoms in total. The number of carbonyl (C=O) groups excluding carboxylic acids is 1. The maximum absolute atomic E-state index is 12.3. The van der Waals surface area contributed by atoms with Gasteiger partial charge in [0.1, 0.15) is 12.1 Å². The number of amides is 1. The number of hydrogen-bond donors (Lipinski definition) is 1. The Balaban J connectivity index is 1.54. The lowest BCUT2D eigenvalue weighted by atomic mass is 10.2. The third kappa shape index (κ3) is 4.21. The number of benzene rings is 1. The van der Waals surface area contributed by atoms with Crippen LogP contribution in [0.25, 0.3) is 11.2 Å². The van der Waals surface area contributed by atoms with E-state index >= 15 is 0 Å². The van der Waals surface area contributed by atoms with Gasteiger partial charge in [-0.05, 0) is 17.7 Å². The molecule has 0 unspecified atom stereocenters. The maximum Gasteiger partial charge on any atom is 0.276 e. The largest absolute Gasteiger partial charge is 0.471 e. The van der Waals surface area contributed by atoms with Gasteiger partial charge in [-0.15, -0.1) is 0 Å². The number of pyridine rings is 1. The molecule has 0 aliphatic rings. The topological polar surface area (TPSA) is 122 Å². The molecule has 0 saturated heterocycles. The van der Waals surface area contributed by atoms with Gasteiger partial charge in [-0.25, -0.2) is 9.99 Å². The van der Waals surface area contributed by atoms with E-state index in [-0.39, 0.29) is 11.9 Å². The van der Waals surface area contributed by atoms with E-state index in [1.807, 2.05) is 30.3 Å². The van der Waals surface area contributed by atoms with Crippen LogP contribution in [0, 0.1) is 0 Å². The highest BCUT2D eigenvalue weighted by atomic mass is 16.5. The summed E-state index contributed by atoms with van der Waals surface area (Å²) in [5.74, 6) is -0.0340. The lowest BCUT2D eigenvalue weighted by Crippen LogP contribution is -2.20. The Bertz CT molecular complexity index is 1140. The van der Waals surface area contributed by atoms with E-state index in [9.17, 15) is 4.79 Å². The number of hydrogen-bond acceptors (Lipinski definition) is 8. The smallest absolute Gasteiger partial charge is 0.276 e. The molecule has 0 saturated carbocycles. The van der Waals surface area contributed by atoms with Gasteiger partial charge < -0.3 is 9.72 Å². The molecule has 0 spiro atoms. The Kier molecular flexibility index (Phi) is 5.14. The molecular weight excluding hydrogens is 372 g/mol. The van der Waals surface area contributed by atoms with Gasteiger partial charge in [0.2, 0.25) is 5.88 Å². The average molecular weight is 388 g/mol. The predicted molar refractivity (Wildman–Crippen MR) is 103 cm³/mol. The molecule has 0 atom stereocenters. The average Bonchev–Trinajstić information content (AvgIpc) is 3.25. The Morgan fingerprint density at radius 1 is 1.17 bits per heavy atom. The van der Waals surface area contributed by atoms with Crippen LogP contribution in [0.1, 0.15) is 15.9 Å². The van der Waals surface area contributed by atoms with Gasteiger partial charge in [-0.3, -0.25) is 9.78 Å². The molecule has 29 heavy (non-hydrogen) atoms. The van der Waals surface area contributed by atoms with Crippen LogP contribution < -0.4 is 4.74 Å². The van der Waals surface area contributed by atoms with E-state index in [4.69, 9.17) is 4.74 Å². The third-order valence-electron chi connectivity index (χ3n) is 3.93. The SMILES string of the molecule is CN(/N=N/c1nc(OCc2ccccc2)c2[nH]cnc2n1)C(=O)c1cccnc1. The number of rotatable bonds is 6. The molecule has 10 heteroatoms. The van der Waals surface area contributed by atoms with Gasteiger partial charge >= 0.3 is 0 Å². The molecule has 0 bridgehead atoms. The first-order chi connectivity index (χ1) is 14.2. The zero-order valence-electron chi connectivity index (χ0n) is 15.4. The van der Waals surface area contributed by atoms with Crippen molar-refractivity contribution in [2.24, 2.45) is 10.3 Å². The van der Waals surface area contributed by atoms with Crippen LogP contribution in [0.5, 0.6) is 5.88 Å². The highest BCUT2D eigenvalue weighted by molar-refractivity contribution is 5.93. The Morgan fingerprint density at radius 3 is 2.83 bits per heavy atom. The summed E-state index contributed by atoms with van der Waals surface area (Å²) in [5.41, 5.74) is 2.33. The summed E-state index contributed by atoms with van der Waals surface area (Å²) in [7, 11) is 1.48. The summed E-state index contributed by atoms with van der Waals surface area (Å²) in [4.78, 5) is 31.8. The molecule has 1 aromatic carbocycles. The van der Waals surface area contributed by atoms with Crippen molar-refractivity contribution in [1.82, 2.24) is 29.9 Å². The van der Waals surface area contributed by atoms with Crippen LogP contribution in [0.15, 0.2) is 71.5 Å². The molecule has 0 radical (unpaired) electrons. The summed E-state index contributed by atoms with van der Waals surface area (Å²) >= 11 is 0. The van der Waals surface area contributed by atoms with Gasteiger partial charge in [0, 0.05) is 19.4 Å². The molecule has 0 fully saturated rings. The molecule has 4 aromatic rings. The maximum atomic E-state index is 12.3. The number of H-pyrrole nitrogens is 1. The number of imidazole rings is 1. The normalized spacial score (nSPS) is 11.1. The van der Waals surface area contributed by atoms with Crippen LogP contribution >= 0.6 is 0 Å². The summed E-state index contributed by atoms with van der Waals surface area (Å²) in [5, 5.41) is 8.92. The minimum atomic E-state index is -0.358. The number of aromatic nitrogens is 5. The van der Waals surface area contributed by atoms with E-state index in [1.54, 1.807) is 18.3 Å². The monoisotopic (exact) mass is 388 g/mol. The molecular formula is C19H16N8O2. The standard InChI is InChI=1S/C19H16N8O2/c1-27(18(28)14-8-5-9-20-10-14)26-25-19-23-16-15(21-12-22-16)17(24-19)29-11-13-6-3-2-4-7-13/h2-10,12H,11H2,1H3,(H,21,22,23,24)/b26-25+. The van der Waals surface area contributed by atoms with Crippen molar-refractivity contribution in [3.63, 3.8) is 0 Å². The summed E-state index contributed by atoms with van der Waals surface area (Å²) in [6.45, 7) is 0.321. The third-order valence-corrected chi connectivity index (χ3v) is 3.93. The van der Waals surface area contributed by atoms with Crippen LogP contribution in [-0.2, 0) is 6.61 Å². The van der Waals surface area contributed by atoms with E-state index in [2.05, 4.69) is 35.3 Å². The molecule has 0 aliphatic heterocycles. The Hall–Kier alpha value is -4.21. The second-order valence-electron chi connectivity index (χ2n) is 5.96. The fourth-order valence-electron chi connectivity index (χ4n) is 2.49. The van der Waals surface area contributed by atoms with Crippen LogP contribution in [-0.4, -0.2) is 42.9 Å². The van der Waals surface area contributed by atoms with Gasteiger partial charge in [0.15, 0.2) is 5.65 Å². The zero-order chi connectivity index (χ0) is 20.1. The highest BCUT2D eigenvalue weighted by Crippen LogP contribution is 2.23. The number of carbonyl (C=O) groups is 1. The van der Waals surface area contributed by atoms with Gasteiger partial charge in [-0.2, -0.15) is 9.97 Å². The Morgan fingerprint density at radius 2 is 2.03 bits per heavy atom. The zero-order valence-corrected chi connectivity index (χ0v) is 15.4. The van der Waals surface area contributed by atoms with E-state index in [1.165, 1.54) is 19.6 Å². The number of aromatic amines is 1. The first kappa shape index (κ1) is 18.2. The number of ether oxygens (including phenoxy) is 1. The van der Waals surface area contributed by atoms with E-state index < -0.39 is 0 Å². The second-order valence-corrected chi connectivity index (χ2v) is 5.96. The second kappa shape index (κ2) is 8.21. The van der Waals surface area contributed by atoms with Crippen molar-refractivity contribution in [3.8, 4) is 5.88 Å². The molecule has 1 N–H and O–H groups in total. The van der Waals surface area contributed by atoms with Crippen LogP contribution in [0.3, 0.4) is 0 Å². The van der Waals surface area contributed by atoms with E-state index in [0.29, 0.717) is 29.2 Å². The molecule has 0 aliphatic carbocycles. The fourth-order valence-corrected chi connectivity index (χ4v) is 2.49. The van der Waals surface area contributed by atoms with Crippen molar-refractivity contribution in [2.45, 2.75) is 6.61 Å².